The molecule has 3 unspecified atom stereocenters. The van der Waals surface area contributed by atoms with Gasteiger partial charge >= 0.3 is 0 Å². The lowest BCUT2D eigenvalue weighted by Crippen LogP contribution is -2.65. The summed E-state index contributed by atoms with van der Waals surface area (Å²) in [5.74, 6) is 3.44. The topological polar surface area (TPSA) is 60.7 Å². The molecule has 0 amide bonds. The number of rotatable bonds is 5. The van der Waals surface area contributed by atoms with Gasteiger partial charge in [-0.25, -0.2) is 0 Å². The van der Waals surface area contributed by atoms with Crippen LogP contribution in [0.1, 0.15) is 92.9 Å². The summed E-state index contributed by atoms with van der Waals surface area (Å²) in [6.45, 7) is 14.1. The van der Waals surface area contributed by atoms with Crippen molar-refractivity contribution in [1.29, 1.82) is 0 Å². The van der Waals surface area contributed by atoms with Crippen molar-refractivity contribution in [3.63, 3.8) is 0 Å². The third-order valence-electron chi connectivity index (χ3n) is 11.0. The second kappa shape index (κ2) is 8.54. The van der Waals surface area contributed by atoms with Gasteiger partial charge in [0.15, 0.2) is 0 Å². The predicted octanol–water partition coefficient (Wildman–Crippen LogP) is 5.89. The summed E-state index contributed by atoms with van der Waals surface area (Å²) in [5, 5.41) is 33.0. The van der Waals surface area contributed by atoms with Crippen LogP contribution in [0, 0.1) is 46.3 Å². The molecule has 32 heavy (non-hydrogen) atoms. The van der Waals surface area contributed by atoms with Crippen LogP contribution >= 0.6 is 0 Å². The first-order valence-corrected chi connectivity index (χ1v) is 13.5. The molecule has 0 bridgehead atoms. The van der Waals surface area contributed by atoms with Crippen LogP contribution in [0.15, 0.2) is 23.8 Å². The molecule has 3 saturated carbocycles. The molecule has 0 heterocycles. The number of aliphatic hydroxyl groups is 3. The molecule has 0 aliphatic heterocycles. The molecular weight excluding hydrogens is 396 g/mol. The highest BCUT2D eigenvalue weighted by Gasteiger charge is 2.64. The lowest BCUT2D eigenvalue weighted by atomic mass is 9.45. The lowest BCUT2D eigenvalue weighted by Gasteiger charge is -2.62. The molecule has 3 heteroatoms. The summed E-state index contributed by atoms with van der Waals surface area (Å²) in [4.78, 5) is 0. The Labute approximate surface area is 196 Å². The van der Waals surface area contributed by atoms with Crippen LogP contribution in [-0.4, -0.2) is 33.1 Å². The fourth-order valence-corrected chi connectivity index (χ4v) is 8.73. The maximum atomic E-state index is 11.6. The molecule has 0 radical (unpaired) electrons. The molecule has 3 nitrogen and oxygen atoms in total. The zero-order valence-corrected chi connectivity index (χ0v) is 21.3. The quantitative estimate of drug-likeness (QED) is 0.464. The van der Waals surface area contributed by atoms with Gasteiger partial charge in [-0.1, -0.05) is 65.3 Å². The van der Waals surface area contributed by atoms with E-state index in [4.69, 9.17) is 0 Å². The SMILES string of the molecule is CC[C@H](C=C[C@@H](C)[C@H]1CC[C@H]2C3=CC(O)C4(O)CC(O)CC[C@]4(C)[C@H]3CC[C@]12C)C(C)C. The molecule has 3 N–H and O–H groups in total. The second-order valence-corrected chi connectivity index (χ2v) is 12.7. The molecule has 10 atom stereocenters. The van der Waals surface area contributed by atoms with E-state index in [-0.39, 0.29) is 10.8 Å². The Balaban J connectivity index is 1.60. The van der Waals surface area contributed by atoms with Crippen molar-refractivity contribution < 1.29 is 15.3 Å². The number of aliphatic hydroxyl groups excluding tert-OH is 2. The molecule has 0 spiro atoms. The van der Waals surface area contributed by atoms with Gasteiger partial charge in [0.05, 0.1) is 6.10 Å². The molecule has 0 aromatic rings. The molecule has 182 valence electrons. The van der Waals surface area contributed by atoms with Gasteiger partial charge in [-0.15, -0.1) is 0 Å². The summed E-state index contributed by atoms with van der Waals surface area (Å²) < 4.78 is 0. The van der Waals surface area contributed by atoms with Crippen molar-refractivity contribution in [2.45, 2.75) is 111 Å². The van der Waals surface area contributed by atoms with Crippen molar-refractivity contribution in [3.8, 4) is 0 Å². The van der Waals surface area contributed by atoms with Crippen LogP contribution in [0.5, 0.6) is 0 Å². The monoisotopic (exact) mass is 444 g/mol. The summed E-state index contributed by atoms with van der Waals surface area (Å²) in [5.41, 5.74) is 0.159. The summed E-state index contributed by atoms with van der Waals surface area (Å²) in [6.07, 6.45) is 13.4. The third kappa shape index (κ3) is 3.57. The second-order valence-electron chi connectivity index (χ2n) is 12.7. The summed E-state index contributed by atoms with van der Waals surface area (Å²) >= 11 is 0. The Morgan fingerprint density at radius 2 is 1.72 bits per heavy atom. The number of hydrogen-bond donors (Lipinski definition) is 3. The maximum Gasteiger partial charge on any atom is 0.102 e. The van der Waals surface area contributed by atoms with Crippen LogP contribution in [0.25, 0.3) is 0 Å². The van der Waals surface area contributed by atoms with Gasteiger partial charge in [0.1, 0.15) is 11.7 Å². The molecule has 0 aromatic carbocycles. The fourth-order valence-electron chi connectivity index (χ4n) is 8.73. The Morgan fingerprint density at radius 3 is 2.38 bits per heavy atom. The molecule has 4 rings (SSSR count). The van der Waals surface area contributed by atoms with Crippen molar-refractivity contribution in [1.82, 2.24) is 0 Å². The van der Waals surface area contributed by atoms with Crippen molar-refractivity contribution in [3.05, 3.63) is 23.8 Å². The Kier molecular flexibility index (Phi) is 6.53. The highest BCUT2D eigenvalue weighted by Crippen LogP contribution is 2.67. The zero-order chi connectivity index (χ0) is 23.5. The highest BCUT2D eigenvalue weighted by atomic mass is 16.3. The minimum Gasteiger partial charge on any atom is -0.393 e. The first-order chi connectivity index (χ1) is 15.0. The zero-order valence-electron chi connectivity index (χ0n) is 21.3. The van der Waals surface area contributed by atoms with Gasteiger partial charge in [-0.3, -0.25) is 0 Å². The van der Waals surface area contributed by atoms with E-state index in [0.717, 1.165) is 19.3 Å². The van der Waals surface area contributed by atoms with E-state index in [0.29, 0.717) is 41.9 Å². The van der Waals surface area contributed by atoms with E-state index in [1.807, 2.05) is 6.08 Å². The van der Waals surface area contributed by atoms with E-state index in [1.165, 1.54) is 31.3 Å². The van der Waals surface area contributed by atoms with E-state index in [9.17, 15) is 15.3 Å². The van der Waals surface area contributed by atoms with Crippen molar-refractivity contribution in [2.24, 2.45) is 46.3 Å². The smallest absolute Gasteiger partial charge is 0.102 e. The van der Waals surface area contributed by atoms with E-state index >= 15 is 0 Å². The normalized spacial score (nSPS) is 48.2. The molecular formula is C29H48O3. The van der Waals surface area contributed by atoms with Crippen LogP contribution in [0.4, 0.5) is 0 Å². The molecule has 0 saturated heterocycles. The van der Waals surface area contributed by atoms with Gasteiger partial charge in [-0.05, 0) is 85.9 Å². The largest absolute Gasteiger partial charge is 0.393 e. The molecule has 0 aromatic heterocycles. The Bertz CT molecular complexity index is 756. The van der Waals surface area contributed by atoms with E-state index < -0.39 is 17.8 Å². The highest BCUT2D eigenvalue weighted by molar-refractivity contribution is 5.33. The van der Waals surface area contributed by atoms with Crippen LogP contribution in [-0.2, 0) is 0 Å². The van der Waals surface area contributed by atoms with Gasteiger partial charge in [0.25, 0.3) is 0 Å². The van der Waals surface area contributed by atoms with E-state index in [1.54, 1.807) is 0 Å². The van der Waals surface area contributed by atoms with Crippen LogP contribution in [0.2, 0.25) is 0 Å². The molecule has 4 aliphatic rings. The van der Waals surface area contributed by atoms with Gasteiger partial charge < -0.3 is 15.3 Å². The van der Waals surface area contributed by atoms with Gasteiger partial charge in [0.2, 0.25) is 0 Å². The van der Waals surface area contributed by atoms with Crippen molar-refractivity contribution >= 4 is 0 Å². The summed E-state index contributed by atoms with van der Waals surface area (Å²) in [6, 6.07) is 0. The van der Waals surface area contributed by atoms with Crippen molar-refractivity contribution in [2.75, 3.05) is 0 Å². The average molecular weight is 445 g/mol. The first-order valence-electron chi connectivity index (χ1n) is 13.5. The fraction of sp³-hybridized carbons (Fsp3) is 0.862. The van der Waals surface area contributed by atoms with E-state index in [2.05, 4.69) is 53.7 Å². The minimum atomic E-state index is -1.20. The predicted molar refractivity (Wildman–Crippen MR) is 131 cm³/mol. The Hall–Kier alpha value is -0.640. The summed E-state index contributed by atoms with van der Waals surface area (Å²) in [7, 11) is 0. The van der Waals surface area contributed by atoms with Gasteiger partial charge in [0, 0.05) is 11.8 Å². The number of allylic oxidation sites excluding steroid dienone is 3. The molecule has 4 aliphatic carbocycles. The number of hydrogen-bond acceptors (Lipinski definition) is 3. The Morgan fingerprint density at radius 1 is 1.00 bits per heavy atom. The minimum absolute atomic E-state index is 0.269. The van der Waals surface area contributed by atoms with Gasteiger partial charge in [-0.2, -0.15) is 0 Å². The van der Waals surface area contributed by atoms with Crippen LogP contribution < -0.4 is 0 Å². The molecule has 3 fully saturated rings. The van der Waals surface area contributed by atoms with Crippen LogP contribution in [0.3, 0.4) is 0 Å². The number of fused-ring (bicyclic) bond motifs is 5. The standard InChI is InChI=1S/C29H48O3/c1-7-20(18(2)3)9-8-19(4)23-10-11-24-22-16-26(31)29(32)17-21(30)12-15-28(29,6)25(22)13-14-27(23,24)5/h8-9,16,18-21,23-26,30-32H,7,10-15,17H2,1-6H3/t19-,20-,21?,23-,24+,25+,26?,27-,28-,29?/m1/s1. The third-order valence-corrected chi connectivity index (χ3v) is 11.0. The first kappa shape index (κ1) is 24.5. The lowest BCUT2D eigenvalue weighted by molar-refractivity contribution is -0.210. The maximum absolute atomic E-state index is 11.6. The average Bonchev–Trinajstić information content (AvgIpc) is 3.08.